The molecule has 0 heterocycles. The highest BCUT2D eigenvalue weighted by atomic mass is 35.5. The van der Waals surface area contributed by atoms with E-state index in [-0.39, 0.29) is 0 Å². The van der Waals surface area contributed by atoms with E-state index in [1.807, 2.05) is 12.1 Å². The van der Waals surface area contributed by atoms with Crippen LogP contribution in [0.4, 0.5) is 0 Å². The third-order valence-electron chi connectivity index (χ3n) is 5.11. The Hall–Kier alpha value is -0.240. The number of halogens is 2. The maximum Gasteiger partial charge on any atom is 0.0595 e. The molecule has 1 aliphatic rings. The molecule has 1 aromatic rings. The Kier molecular flexibility index (Phi) is 6.40. The zero-order chi connectivity index (χ0) is 15.4. The molecule has 118 valence electrons. The average molecular weight is 328 g/mol. The van der Waals surface area contributed by atoms with Gasteiger partial charge in [0.2, 0.25) is 0 Å². The molecule has 1 aliphatic carbocycles. The number of hydrogen-bond donors (Lipinski definition) is 1. The van der Waals surface area contributed by atoms with Crippen molar-refractivity contribution in [2.45, 2.75) is 52.5 Å². The second-order valence-corrected chi connectivity index (χ2v) is 7.46. The second-order valence-electron chi connectivity index (χ2n) is 6.64. The molecule has 4 unspecified atom stereocenters. The van der Waals surface area contributed by atoms with Crippen molar-refractivity contribution in [3.63, 3.8) is 0 Å². The summed E-state index contributed by atoms with van der Waals surface area (Å²) in [4.78, 5) is 0. The minimum absolute atomic E-state index is 0.544. The molecule has 0 spiro atoms. The molecule has 2 rings (SSSR count). The first-order valence-electron chi connectivity index (χ1n) is 8.18. The standard InChI is InChI=1S/C18H27Cl2N/c1-4-21-18(15-7-5-12(2)13(3)9-15)11-14-6-8-16(19)17(20)10-14/h6,8,10,12-13,15,18,21H,4-5,7,9,11H2,1-3H3. The molecule has 1 N–H and O–H groups in total. The summed E-state index contributed by atoms with van der Waals surface area (Å²) in [6.07, 6.45) is 5.07. The highest BCUT2D eigenvalue weighted by molar-refractivity contribution is 6.42. The number of nitrogens with one attached hydrogen (secondary N) is 1. The summed E-state index contributed by atoms with van der Waals surface area (Å²) < 4.78 is 0. The van der Waals surface area contributed by atoms with Gasteiger partial charge >= 0.3 is 0 Å². The molecule has 21 heavy (non-hydrogen) atoms. The second kappa shape index (κ2) is 7.85. The van der Waals surface area contributed by atoms with Crippen LogP contribution in [-0.4, -0.2) is 12.6 Å². The third kappa shape index (κ3) is 4.61. The molecule has 3 heteroatoms. The van der Waals surface area contributed by atoms with Crippen molar-refractivity contribution >= 4 is 23.2 Å². The first kappa shape index (κ1) is 17.1. The molecule has 0 saturated heterocycles. The molecule has 1 aromatic carbocycles. The van der Waals surface area contributed by atoms with Gasteiger partial charge in [-0.25, -0.2) is 0 Å². The van der Waals surface area contributed by atoms with Gasteiger partial charge in [0, 0.05) is 6.04 Å². The van der Waals surface area contributed by atoms with Crippen LogP contribution in [0.3, 0.4) is 0 Å². The lowest BCUT2D eigenvalue weighted by molar-refractivity contribution is 0.171. The molecule has 1 fully saturated rings. The van der Waals surface area contributed by atoms with Crippen molar-refractivity contribution in [2.75, 3.05) is 6.54 Å². The van der Waals surface area contributed by atoms with Crippen LogP contribution < -0.4 is 5.32 Å². The van der Waals surface area contributed by atoms with Gasteiger partial charge in [0.05, 0.1) is 10.0 Å². The minimum Gasteiger partial charge on any atom is -0.314 e. The van der Waals surface area contributed by atoms with Crippen LogP contribution in [0.2, 0.25) is 10.0 Å². The topological polar surface area (TPSA) is 12.0 Å². The van der Waals surface area contributed by atoms with E-state index >= 15 is 0 Å². The number of likely N-dealkylation sites (N-methyl/N-ethyl adjacent to an activating group) is 1. The van der Waals surface area contributed by atoms with E-state index in [0.717, 1.165) is 30.7 Å². The normalized spacial score (nSPS) is 27.6. The van der Waals surface area contributed by atoms with Gasteiger partial charge in [-0.15, -0.1) is 0 Å². The maximum atomic E-state index is 6.15. The van der Waals surface area contributed by atoms with E-state index in [1.54, 1.807) is 0 Å². The van der Waals surface area contributed by atoms with E-state index in [4.69, 9.17) is 23.2 Å². The van der Waals surface area contributed by atoms with Crippen LogP contribution in [0.1, 0.15) is 45.6 Å². The summed E-state index contributed by atoms with van der Waals surface area (Å²) in [7, 11) is 0. The highest BCUT2D eigenvalue weighted by Crippen LogP contribution is 2.36. The average Bonchev–Trinajstić information content (AvgIpc) is 2.45. The van der Waals surface area contributed by atoms with E-state index in [1.165, 1.54) is 24.8 Å². The molecule has 0 radical (unpaired) electrons. The third-order valence-corrected chi connectivity index (χ3v) is 5.85. The van der Waals surface area contributed by atoms with Gasteiger partial charge in [-0.05, 0) is 61.3 Å². The molecular weight excluding hydrogens is 301 g/mol. The van der Waals surface area contributed by atoms with Crippen LogP contribution in [-0.2, 0) is 6.42 Å². The number of hydrogen-bond acceptors (Lipinski definition) is 1. The predicted molar refractivity (Wildman–Crippen MR) is 93.3 cm³/mol. The van der Waals surface area contributed by atoms with Crippen LogP contribution >= 0.6 is 23.2 Å². The van der Waals surface area contributed by atoms with Crippen molar-refractivity contribution in [2.24, 2.45) is 17.8 Å². The Morgan fingerprint density at radius 1 is 1.14 bits per heavy atom. The van der Waals surface area contributed by atoms with E-state index in [0.29, 0.717) is 16.1 Å². The van der Waals surface area contributed by atoms with Gasteiger partial charge in [0.1, 0.15) is 0 Å². The van der Waals surface area contributed by atoms with Gasteiger partial charge in [-0.2, -0.15) is 0 Å². The van der Waals surface area contributed by atoms with Crippen LogP contribution in [0, 0.1) is 17.8 Å². The van der Waals surface area contributed by atoms with Gasteiger partial charge in [-0.1, -0.05) is 56.5 Å². The molecule has 0 amide bonds. The predicted octanol–water partition coefficient (Wildman–Crippen LogP) is 5.59. The Morgan fingerprint density at radius 2 is 1.90 bits per heavy atom. The van der Waals surface area contributed by atoms with Gasteiger partial charge in [0.25, 0.3) is 0 Å². The fraction of sp³-hybridized carbons (Fsp3) is 0.667. The van der Waals surface area contributed by atoms with Crippen LogP contribution in [0.5, 0.6) is 0 Å². The summed E-state index contributed by atoms with van der Waals surface area (Å²) in [6.45, 7) is 8.00. The monoisotopic (exact) mass is 327 g/mol. The molecule has 0 aromatic heterocycles. The van der Waals surface area contributed by atoms with Crippen molar-refractivity contribution in [3.8, 4) is 0 Å². The molecule has 0 bridgehead atoms. The molecule has 1 nitrogen and oxygen atoms in total. The summed E-state index contributed by atoms with van der Waals surface area (Å²) in [5.41, 5.74) is 1.28. The minimum atomic E-state index is 0.544. The lowest BCUT2D eigenvalue weighted by atomic mass is 9.72. The summed E-state index contributed by atoms with van der Waals surface area (Å²) in [5.74, 6) is 2.47. The summed E-state index contributed by atoms with van der Waals surface area (Å²) >= 11 is 12.2. The first-order chi connectivity index (χ1) is 10.0. The fourth-order valence-corrected chi connectivity index (χ4v) is 3.86. The molecule has 0 aliphatic heterocycles. The molecular formula is C18H27Cl2N. The lowest BCUT2D eigenvalue weighted by Gasteiger charge is -2.37. The van der Waals surface area contributed by atoms with Gasteiger partial charge < -0.3 is 5.32 Å². The van der Waals surface area contributed by atoms with E-state index < -0.39 is 0 Å². The van der Waals surface area contributed by atoms with Gasteiger partial charge in [-0.3, -0.25) is 0 Å². The largest absolute Gasteiger partial charge is 0.314 e. The van der Waals surface area contributed by atoms with Crippen LogP contribution in [0.15, 0.2) is 18.2 Å². The Balaban J connectivity index is 2.06. The summed E-state index contributed by atoms with van der Waals surface area (Å²) in [5, 5.41) is 5.00. The SMILES string of the molecule is CCNC(Cc1ccc(Cl)c(Cl)c1)C1CCC(C)C(C)C1. The van der Waals surface area contributed by atoms with E-state index in [9.17, 15) is 0 Å². The van der Waals surface area contributed by atoms with Gasteiger partial charge in [0.15, 0.2) is 0 Å². The number of benzene rings is 1. The van der Waals surface area contributed by atoms with Crippen molar-refractivity contribution in [1.29, 1.82) is 0 Å². The zero-order valence-electron chi connectivity index (χ0n) is 13.3. The van der Waals surface area contributed by atoms with Crippen LogP contribution in [0.25, 0.3) is 0 Å². The van der Waals surface area contributed by atoms with Crippen molar-refractivity contribution < 1.29 is 0 Å². The smallest absolute Gasteiger partial charge is 0.0595 e. The molecule has 4 atom stereocenters. The maximum absolute atomic E-state index is 6.15. The van der Waals surface area contributed by atoms with Crippen molar-refractivity contribution in [1.82, 2.24) is 5.32 Å². The Morgan fingerprint density at radius 3 is 2.52 bits per heavy atom. The molecule has 1 saturated carbocycles. The van der Waals surface area contributed by atoms with Crippen molar-refractivity contribution in [3.05, 3.63) is 33.8 Å². The Labute approximate surface area is 139 Å². The Bertz CT molecular complexity index is 461. The van der Waals surface area contributed by atoms with E-state index in [2.05, 4.69) is 32.2 Å². The highest BCUT2D eigenvalue weighted by Gasteiger charge is 2.29. The first-order valence-corrected chi connectivity index (χ1v) is 8.94. The summed E-state index contributed by atoms with van der Waals surface area (Å²) in [6, 6.07) is 6.58. The fourth-order valence-electron chi connectivity index (χ4n) is 3.54. The lowest BCUT2D eigenvalue weighted by Crippen LogP contribution is -2.41. The quantitative estimate of drug-likeness (QED) is 0.743. The number of rotatable bonds is 5. The zero-order valence-corrected chi connectivity index (χ0v) is 14.8.